The van der Waals surface area contributed by atoms with Gasteiger partial charge in [0, 0.05) is 0 Å². The van der Waals surface area contributed by atoms with Crippen LogP contribution in [0, 0.1) is 6.92 Å². The molecule has 0 aliphatic rings. The van der Waals surface area contributed by atoms with E-state index in [1.807, 2.05) is 80.6 Å². The van der Waals surface area contributed by atoms with Crippen LogP contribution in [0.5, 0.6) is 0 Å². The van der Waals surface area contributed by atoms with Gasteiger partial charge in [0.05, 0.1) is 18.3 Å². The van der Waals surface area contributed by atoms with E-state index in [9.17, 15) is 14.4 Å². The number of aryl methyl sites for hydroxylation is 1. The molecule has 0 aliphatic heterocycles. The van der Waals surface area contributed by atoms with E-state index in [4.69, 9.17) is 0 Å². The number of rotatable bonds is 7. The number of carbonyl (C=O) groups is 1. The standard InChI is InChI=1S/C29H30N4O3/c1-19(2)23-13-15-25(16-14-23)33-29(36)32(18-22-10-8-9-20(3)17-22)28(35)26(31-33)27(34)30-21(4)24-11-6-5-7-12-24/h5-17,19,21H,18H2,1-4H3,(H,30,34)/t21-/m1/s1. The van der Waals surface area contributed by atoms with Gasteiger partial charge < -0.3 is 5.32 Å². The maximum absolute atomic E-state index is 13.4. The van der Waals surface area contributed by atoms with Crippen molar-refractivity contribution >= 4 is 5.91 Å². The summed E-state index contributed by atoms with van der Waals surface area (Å²) in [7, 11) is 0. The summed E-state index contributed by atoms with van der Waals surface area (Å²) in [6.45, 7) is 7.96. The summed E-state index contributed by atoms with van der Waals surface area (Å²) < 4.78 is 2.20. The minimum absolute atomic E-state index is 0.0282. The Hall–Kier alpha value is -4.26. The minimum atomic E-state index is -0.727. The van der Waals surface area contributed by atoms with E-state index in [0.717, 1.165) is 31.5 Å². The third kappa shape index (κ3) is 5.35. The van der Waals surface area contributed by atoms with Gasteiger partial charge in [0.1, 0.15) is 0 Å². The molecule has 3 aromatic carbocycles. The Bertz CT molecular complexity index is 1490. The Morgan fingerprint density at radius 1 is 0.889 bits per heavy atom. The van der Waals surface area contributed by atoms with Crippen molar-refractivity contribution in [1.29, 1.82) is 0 Å². The summed E-state index contributed by atoms with van der Waals surface area (Å²) in [6.07, 6.45) is 0. The zero-order chi connectivity index (χ0) is 25.8. The Labute approximate surface area is 210 Å². The monoisotopic (exact) mass is 482 g/mol. The van der Waals surface area contributed by atoms with Crippen LogP contribution in [0.4, 0.5) is 0 Å². The number of nitrogens with zero attached hydrogens (tertiary/aromatic N) is 3. The largest absolute Gasteiger partial charge is 0.352 e. The number of amides is 1. The fraction of sp³-hybridized carbons (Fsp3) is 0.241. The Kier molecular flexibility index (Phi) is 7.29. The maximum Gasteiger partial charge on any atom is 0.352 e. The summed E-state index contributed by atoms with van der Waals surface area (Å²) in [6, 6.07) is 24.0. The first kappa shape index (κ1) is 24.9. The van der Waals surface area contributed by atoms with Gasteiger partial charge in [-0.3, -0.25) is 14.2 Å². The van der Waals surface area contributed by atoms with Crippen molar-refractivity contribution in [2.24, 2.45) is 0 Å². The maximum atomic E-state index is 13.4. The zero-order valence-corrected chi connectivity index (χ0v) is 20.9. The highest BCUT2D eigenvalue weighted by Crippen LogP contribution is 2.16. The summed E-state index contributed by atoms with van der Waals surface area (Å²) in [5, 5.41) is 7.09. The van der Waals surface area contributed by atoms with Crippen LogP contribution in [-0.4, -0.2) is 20.3 Å². The lowest BCUT2D eigenvalue weighted by atomic mass is 10.0. The Balaban J connectivity index is 1.81. The van der Waals surface area contributed by atoms with E-state index < -0.39 is 17.2 Å². The van der Waals surface area contributed by atoms with Crippen LogP contribution in [0.2, 0.25) is 0 Å². The zero-order valence-electron chi connectivity index (χ0n) is 20.9. The molecule has 1 atom stereocenters. The first-order valence-corrected chi connectivity index (χ1v) is 12.0. The van der Waals surface area contributed by atoms with Crippen LogP contribution in [-0.2, 0) is 6.54 Å². The molecular formula is C29H30N4O3. The van der Waals surface area contributed by atoms with Crippen LogP contribution in [0.15, 0.2) is 88.5 Å². The van der Waals surface area contributed by atoms with Crippen LogP contribution in [0.1, 0.15) is 65.5 Å². The third-order valence-electron chi connectivity index (χ3n) is 6.15. The highest BCUT2D eigenvalue weighted by atomic mass is 16.2. The second-order valence-electron chi connectivity index (χ2n) is 9.28. The molecule has 1 heterocycles. The first-order valence-electron chi connectivity index (χ1n) is 12.0. The van der Waals surface area contributed by atoms with Crippen molar-refractivity contribution in [1.82, 2.24) is 19.7 Å². The van der Waals surface area contributed by atoms with E-state index in [1.54, 1.807) is 12.1 Å². The number of hydrogen-bond acceptors (Lipinski definition) is 4. The van der Waals surface area contributed by atoms with Gasteiger partial charge >= 0.3 is 5.69 Å². The predicted molar refractivity (Wildman–Crippen MR) is 141 cm³/mol. The summed E-state index contributed by atoms with van der Waals surface area (Å²) in [5.74, 6) is -0.318. The number of nitrogens with one attached hydrogen (secondary N) is 1. The molecule has 1 amide bonds. The molecule has 0 aliphatic carbocycles. The second kappa shape index (κ2) is 10.6. The van der Waals surface area contributed by atoms with E-state index in [1.165, 1.54) is 0 Å². The lowest BCUT2D eigenvalue weighted by Crippen LogP contribution is -2.46. The quantitative estimate of drug-likeness (QED) is 0.424. The van der Waals surface area contributed by atoms with Gasteiger partial charge in [0.25, 0.3) is 11.5 Å². The van der Waals surface area contributed by atoms with Gasteiger partial charge in [-0.15, -0.1) is 0 Å². The minimum Gasteiger partial charge on any atom is -0.344 e. The van der Waals surface area contributed by atoms with E-state index >= 15 is 0 Å². The first-order chi connectivity index (χ1) is 17.2. The van der Waals surface area contributed by atoms with Crippen molar-refractivity contribution < 1.29 is 4.79 Å². The summed E-state index contributed by atoms with van der Waals surface area (Å²) in [4.78, 5) is 40.1. The molecule has 4 aromatic rings. The Morgan fingerprint density at radius 3 is 2.22 bits per heavy atom. The number of aromatic nitrogens is 3. The van der Waals surface area contributed by atoms with Crippen molar-refractivity contribution in [2.75, 3.05) is 0 Å². The predicted octanol–water partition coefficient (Wildman–Crippen LogP) is 4.37. The normalized spacial score (nSPS) is 11.9. The molecule has 0 fully saturated rings. The van der Waals surface area contributed by atoms with Crippen LogP contribution in [0.3, 0.4) is 0 Å². The van der Waals surface area contributed by atoms with Gasteiger partial charge in [-0.1, -0.05) is 86.1 Å². The molecule has 7 nitrogen and oxygen atoms in total. The SMILES string of the molecule is Cc1cccc(Cn2c(=O)c(C(=O)N[C@H](C)c3ccccc3)nn(-c3ccc(C(C)C)cc3)c2=O)c1. The van der Waals surface area contributed by atoms with Crippen molar-refractivity contribution in [3.8, 4) is 5.69 Å². The summed E-state index contributed by atoms with van der Waals surface area (Å²) >= 11 is 0. The molecule has 1 aromatic heterocycles. The number of carbonyl (C=O) groups excluding carboxylic acids is 1. The molecule has 0 radical (unpaired) electrons. The molecule has 0 bridgehead atoms. The molecule has 0 unspecified atom stereocenters. The van der Waals surface area contributed by atoms with Crippen LogP contribution in [0.25, 0.3) is 5.69 Å². The number of benzene rings is 3. The lowest BCUT2D eigenvalue weighted by molar-refractivity contribution is 0.0930. The van der Waals surface area contributed by atoms with Gasteiger partial charge in [0.2, 0.25) is 5.69 Å². The van der Waals surface area contributed by atoms with Crippen molar-refractivity contribution in [3.05, 3.63) is 128 Å². The smallest absolute Gasteiger partial charge is 0.344 e. The van der Waals surface area contributed by atoms with Crippen LogP contribution >= 0.6 is 0 Å². The average molecular weight is 483 g/mol. The molecule has 36 heavy (non-hydrogen) atoms. The highest BCUT2D eigenvalue weighted by molar-refractivity contribution is 5.92. The molecule has 1 N–H and O–H groups in total. The van der Waals surface area contributed by atoms with Gasteiger partial charge in [-0.05, 0) is 48.6 Å². The molecule has 184 valence electrons. The number of hydrogen-bond donors (Lipinski definition) is 1. The van der Waals surface area contributed by atoms with Crippen molar-refractivity contribution in [2.45, 2.75) is 46.2 Å². The molecule has 7 heteroatoms. The van der Waals surface area contributed by atoms with E-state index in [-0.39, 0.29) is 18.3 Å². The Morgan fingerprint density at radius 2 is 1.58 bits per heavy atom. The van der Waals surface area contributed by atoms with Crippen molar-refractivity contribution in [3.63, 3.8) is 0 Å². The highest BCUT2D eigenvalue weighted by Gasteiger charge is 2.22. The fourth-order valence-electron chi connectivity index (χ4n) is 4.05. The summed E-state index contributed by atoms with van der Waals surface area (Å²) in [5.41, 5.74) is 2.60. The molecule has 0 saturated heterocycles. The van der Waals surface area contributed by atoms with Gasteiger partial charge in [0.15, 0.2) is 0 Å². The topological polar surface area (TPSA) is 86.0 Å². The van der Waals surface area contributed by atoms with E-state index in [0.29, 0.717) is 11.6 Å². The third-order valence-corrected chi connectivity index (χ3v) is 6.15. The lowest BCUT2D eigenvalue weighted by Gasteiger charge is -2.16. The fourth-order valence-corrected chi connectivity index (χ4v) is 4.05. The molecular weight excluding hydrogens is 452 g/mol. The molecule has 4 rings (SSSR count). The average Bonchev–Trinajstić information content (AvgIpc) is 2.87. The van der Waals surface area contributed by atoms with Gasteiger partial charge in [-0.25, -0.2) is 4.79 Å². The van der Waals surface area contributed by atoms with Gasteiger partial charge in [-0.2, -0.15) is 9.78 Å². The van der Waals surface area contributed by atoms with Crippen LogP contribution < -0.4 is 16.6 Å². The second-order valence-corrected chi connectivity index (χ2v) is 9.28. The molecule has 0 saturated carbocycles. The van der Waals surface area contributed by atoms with E-state index in [2.05, 4.69) is 24.3 Å². The molecule has 0 spiro atoms.